The van der Waals surface area contributed by atoms with Crippen LogP contribution in [0.2, 0.25) is 0 Å². The maximum Gasteiger partial charge on any atom is 0.161 e. The zero-order valence-corrected chi connectivity index (χ0v) is 17.7. The molecule has 1 aliphatic heterocycles. The second-order valence-corrected chi connectivity index (χ2v) is 8.41. The van der Waals surface area contributed by atoms with Gasteiger partial charge in [0, 0.05) is 67.4 Å². The number of fused-ring (bicyclic) bond motifs is 1. The van der Waals surface area contributed by atoms with Gasteiger partial charge in [0.05, 0.1) is 0 Å². The van der Waals surface area contributed by atoms with Gasteiger partial charge in [-0.25, -0.2) is 9.97 Å². The molecule has 1 fully saturated rings. The highest BCUT2D eigenvalue weighted by Crippen LogP contribution is 2.32. The van der Waals surface area contributed by atoms with Crippen molar-refractivity contribution in [2.75, 3.05) is 31.1 Å². The summed E-state index contributed by atoms with van der Waals surface area (Å²) in [5.41, 5.74) is 4.92. The molecule has 30 heavy (non-hydrogen) atoms. The van der Waals surface area contributed by atoms with Crippen LogP contribution in [0.4, 0.5) is 5.82 Å². The van der Waals surface area contributed by atoms with Crippen LogP contribution in [0.1, 0.15) is 30.3 Å². The number of aryl methyl sites for hydroxylation is 1. The lowest BCUT2D eigenvalue weighted by molar-refractivity contribution is 0.194. The Morgan fingerprint density at radius 2 is 1.70 bits per heavy atom. The number of aromatic nitrogens is 3. The van der Waals surface area contributed by atoms with Gasteiger partial charge in [0.15, 0.2) is 5.82 Å². The molecule has 2 aliphatic rings. The molecule has 5 heteroatoms. The van der Waals surface area contributed by atoms with E-state index in [2.05, 4.69) is 58.1 Å². The number of hydrogen-bond acceptors (Lipinski definition) is 5. The minimum atomic E-state index is 0.498. The molecule has 0 N–H and O–H groups in total. The number of pyridine rings is 1. The Hall–Kier alpha value is -2.79. The molecule has 3 heterocycles. The lowest BCUT2D eigenvalue weighted by Crippen LogP contribution is -2.50. The van der Waals surface area contributed by atoms with Crippen molar-refractivity contribution in [3.63, 3.8) is 0 Å². The highest BCUT2D eigenvalue weighted by Gasteiger charge is 2.27. The van der Waals surface area contributed by atoms with Crippen LogP contribution < -0.4 is 4.90 Å². The smallest absolute Gasteiger partial charge is 0.161 e. The van der Waals surface area contributed by atoms with Crippen LogP contribution in [0.3, 0.4) is 0 Å². The Kier molecular flexibility index (Phi) is 5.45. The number of hydrogen-bond donors (Lipinski definition) is 0. The summed E-state index contributed by atoms with van der Waals surface area (Å²) in [4.78, 5) is 19.6. The summed E-state index contributed by atoms with van der Waals surface area (Å²) in [7, 11) is 0. The SMILES string of the molecule is CC(Cc1ccccn1)N1CCN(c2nc(-c3ccccc3)nc3c2CCC3)CC1. The summed E-state index contributed by atoms with van der Waals surface area (Å²) < 4.78 is 0. The molecule has 1 aromatic carbocycles. The first-order valence-corrected chi connectivity index (χ1v) is 11.1. The van der Waals surface area contributed by atoms with Crippen molar-refractivity contribution < 1.29 is 0 Å². The first-order valence-electron chi connectivity index (χ1n) is 11.1. The number of rotatable bonds is 5. The van der Waals surface area contributed by atoms with E-state index in [9.17, 15) is 0 Å². The van der Waals surface area contributed by atoms with Crippen LogP contribution >= 0.6 is 0 Å². The van der Waals surface area contributed by atoms with E-state index in [4.69, 9.17) is 9.97 Å². The maximum atomic E-state index is 5.06. The molecule has 1 saturated heterocycles. The fraction of sp³-hybridized carbons (Fsp3) is 0.400. The highest BCUT2D eigenvalue weighted by molar-refractivity contribution is 5.61. The fourth-order valence-corrected chi connectivity index (χ4v) is 4.72. The Balaban J connectivity index is 1.32. The van der Waals surface area contributed by atoms with Gasteiger partial charge in [0.2, 0.25) is 0 Å². The van der Waals surface area contributed by atoms with Crippen molar-refractivity contribution in [1.29, 1.82) is 0 Å². The zero-order valence-electron chi connectivity index (χ0n) is 17.7. The van der Waals surface area contributed by atoms with Gasteiger partial charge in [-0.05, 0) is 38.3 Å². The topological polar surface area (TPSA) is 45.2 Å². The predicted molar refractivity (Wildman–Crippen MR) is 121 cm³/mol. The molecule has 0 amide bonds. The Labute approximate surface area is 178 Å². The second-order valence-electron chi connectivity index (χ2n) is 8.41. The van der Waals surface area contributed by atoms with E-state index in [1.165, 1.54) is 29.2 Å². The van der Waals surface area contributed by atoms with E-state index in [1.54, 1.807) is 0 Å². The summed E-state index contributed by atoms with van der Waals surface area (Å²) in [5, 5.41) is 0. The maximum absolute atomic E-state index is 5.06. The molecular formula is C25H29N5. The first-order chi connectivity index (χ1) is 14.8. The second kappa shape index (κ2) is 8.52. The van der Waals surface area contributed by atoms with E-state index in [1.807, 2.05) is 18.3 Å². The predicted octanol–water partition coefficient (Wildman–Crippen LogP) is 3.78. The third-order valence-electron chi connectivity index (χ3n) is 6.41. The summed E-state index contributed by atoms with van der Waals surface area (Å²) in [6.45, 7) is 6.48. The van der Waals surface area contributed by atoms with Gasteiger partial charge in [0.25, 0.3) is 0 Å². The van der Waals surface area contributed by atoms with Crippen LogP contribution in [0.25, 0.3) is 11.4 Å². The molecule has 5 nitrogen and oxygen atoms in total. The number of benzene rings is 1. The number of anilines is 1. The van der Waals surface area contributed by atoms with E-state index in [0.29, 0.717) is 6.04 Å². The van der Waals surface area contributed by atoms with Crippen LogP contribution in [0, 0.1) is 0 Å². The average Bonchev–Trinajstić information content (AvgIpc) is 3.29. The molecule has 1 atom stereocenters. The standard InChI is InChI=1S/C25H29N5/c1-19(18-21-10-5-6-13-26-21)29-14-16-30(17-15-29)25-22-11-7-12-23(22)27-24(28-25)20-8-3-2-4-9-20/h2-6,8-10,13,19H,7,11-12,14-18H2,1H3. The first kappa shape index (κ1) is 19.2. The molecule has 0 radical (unpaired) electrons. The Morgan fingerprint density at radius 3 is 2.47 bits per heavy atom. The third-order valence-corrected chi connectivity index (χ3v) is 6.41. The molecule has 5 rings (SSSR count). The van der Waals surface area contributed by atoms with Crippen LogP contribution in [-0.2, 0) is 19.3 Å². The van der Waals surface area contributed by atoms with Crippen molar-refractivity contribution in [1.82, 2.24) is 19.9 Å². The lowest BCUT2D eigenvalue weighted by Gasteiger charge is -2.39. The normalized spacial score (nSPS) is 17.7. The molecule has 1 aliphatic carbocycles. The van der Waals surface area contributed by atoms with Crippen molar-refractivity contribution in [3.8, 4) is 11.4 Å². The van der Waals surface area contributed by atoms with Crippen LogP contribution in [0.15, 0.2) is 54.7 Å². The van der Waals surface area contributed by atoms with E-state index in [-0.39, 0.29) is 0 Å². The van der Waals surface area contributed by atoms with Crippen LogP contribution in [0.5, 0.6) is 0 Å². The highest BCUT2D eigenvalue weighted by atomic mass is 15.3. The van der Waals surface area contributed by atoms with E-state index >= 15 is 0 Å². The monoisotopic (exact) mass is 399 g/mol. The van der Waals surface area contributed by atoms with Gasteiger partial charge in [0.1, 0.15) is 5.82 Å². The van der Waals surface area contributed by atoms with Crippen LogP contribution in [-0.4, -0.2) is 52.1 Å². The van der Waals surface area contributed by atoms with Crippen molar-refractivity contribution in [2.45, 2.75) is 38.6 Å². The van der Waals surface area contributed by atoms with E-state index in [0.717, 1.165) is 56.8 Å². The molecule has 2 aromatic heterocycles. The van der Waals surface area contributed by atoms with Crippen molar-refractivity contribution in [2.24, 2.45) is 0 Å². The molecule has 0 bridgehead atoms. The average molecular weight is 400 g/mol. The van der Waals surface area contributed by atoms with Crippen molar-refractivity contribution >= 4 is 5.82 Å². The largest absolute Gasteiger partial charge is 0.354 e. The van der Waals surface area contributed by atoms with Gasteiger partial charge in [-0.15, -0.1) is 0 Å². The molecular weight excluding hydrogens is 370 g/mol. The Bertz CT molecular complexity index is 981. The summed E-state index contributed by atoms with van der Waals surface area (Å²) in [6.07, 6.45) is 6.26. The van der Waals surface area contributed by atoms with Crippen molar-refractivity contribution in [3.05, 3.63) is 71.7 Å². The van der Waals surface area contributed by atoms with E-state index < -0.39 is 0 Å². The minimum Gasteiger partial charge on any atom is -0.354 e. The number of piperazine rings is 1. The van der Waals surface area contributed by atoms with Gasteiger partial charge in [-0.3, -0.25) is 9.88 Å². The van der Waals surface area contributed by atoms with Gasteiger partial charge < -0.3 is 4.90 Å². The zero-order chi connectivity index (χ0) is 20.3. The molecule has 0 saturated carbocycles. The molecule has 0 spiro atoms. The van der Waals surface area contributed by atoms with Gasteiger partial charge in [-0.2, -0.15) is 0 Å². The summed E-state index contributed by atoms with van der Waals surface area (Å²) in [5.74, 6) is 2.05. The lowest BCUT2D eigenvalue weighted by atomic mass is 10.1. The van der Waals surface area contributed by atoms with Gasteiger partial charge in [-0.1, -0.05) is 36.4 Å². The quantitative estimate of drug-likeness (QED) is 0.653. The molecule has 154 valence electrons. The number of nitrogens with zero attached hydrogens (tertiary/aromatic N) is 5. The minimum absolute atomic E-state index is 0.498. The van der Waals surface area contributed by atoms with Gasteiger partial charge >= 0.3 is 0 Å². The molecule has 3 aromatic rings. The Morgan fingerprint density at radius 1 is 0.900 bits per heavy atom. The fourth-order valence-electron chi connectivity index (χ4n) is 4.72. The third kappa shape index (κ3) is 3.94. The molecule has 1 unspecified atom stereocenters. The summed E-state index contributed by atoms with van der Waals surface area (Å²) in [6, 6.07) is 17.1. The summed E-state index contributed by atoms with van der Waals surface area (Å²) >= 11 is 0.